The summed E-state index contributed by atoms with van der Waals surface area (Å²) >= 11 is 1.70. The van der Waals surface area contributed by atoms with Gasteiger partial charge in [-0.05, 0) is 26.5 Å². The molecule has 3 heteroatoms. The number of thioether (sulfide) groups is 1. The van der Waals surface area contributed by atoms with Gasteiger partial charge in [0.15, 0.2) is 0 Å². The Bertz CT molecular complexity index is 106. The van der Waals surface area contributed by atoms with Crippen LogP contribution in [-0.4, -0.2) is 23.8 Å². The molecule has 0 radical (unpaired) electrons. The third-order valence-corrected chi connectivity index (χ3v) is 2.76. The maximum Gasteiger partial charge on any atom is 0.107 e. The number of rotatable bonds is 5. The van der Waals surface area contributed by atoms with Crippen LogP contribution in [-0.2, 0) is 4.74 Å². The molecule has 2 nitrogen and oxygen atoms in total. The second-order valence-corrected chi connectivity index (χ2v) is 4.47. The average Bonchev–Trinajstić information content (AvgIpc) is 2.00. The van der Waals surface area contributed by atoms with Crippen molar-refractivity contribution in [2.24, 2.45) is 5.73 Å². The maximum atomic E-state index is 5.70. The number of hydrogen-bond acceptors (Lipinski definition) is 3. The molecular weight excluding hydrogens is 158 g/mol. The molecule has 1 atom stereocenters. The molecule has 11 heavy (non-hydrogen) atoms. The second-order valence-electron chi connectivity index (χ2n) is 3.08. The fraction of sp³-hybridized carbons (Fsp3) is 1.00. The third kappa shape index (κ3) is 5.53. The highest BCUT2D eigenvalue weighted by molar-refractivity contribution is 7.99. The highest BCUT2D eigenvalue weighted by Gasteiger charge is 2.16. The normalized spacial score (nSPS) is 15.0. The first kappa shape index (κ1) is 11.3. The van der Waals surface area contributed by atoms with E-state index in [4.69, 9.17) is 10.5 Å². The summed E-state index contributed by atoms with van der Waals surface area (Å²) in [5.74, 6) is 0. The minimum absolute atomic E-state index is 0.0905. The van der Waals surface area contributed by atoms with Crippen molar-refractivity contribution in [3.05, 3.63) is 0 Å². The van der Waals surface area contributed by atoms with E-state index in [2.05, 4.69) is 20.8 Å². The minimum Gasteiger partial charge on any atom is -0.363 e. The van der Waals surface area contributed by atoms with Gasteiger partial charge < -0.3 is 10.5 Å². The van der Waals surface area contributed by atoms with Crippen LogP contribution < -0.4 is 5.73 Å². The van der Waals surface area contributed by atoms with Gasteiger partial charge >= 0.3 is 0 Å². The van der Waals surface area contributed by atoms with Gasteiger partial charge in [-0.2, -0.15) is 0 Å². The molecule has 2 N–H and O–H groups in total. The zero-order chi connectivity index (χ0) is 8.91. The Kier molecular flexibility index (Phi) is 5.13. The van der Waals surface area contributed by atoms with Crippen molar-refractivity contribution in [2.75, 3.05) is 12.9 Å². The number of nitrogens with two attached hydrogens (primary N) is 1. The molecule has 0 bridgehead atoms. The number of hydrogen-bond donors (Lipinski definition) is 1. The molecule has 0 spiro atoms. The standard InChI is InChI=1S/C8H19NOS/c1-5-7(9)6-10-8(2,3)11-4/h7H,5-6,9H2,1-4H3. The molecule has 0 aliphatic rings. The van der Waals surface area contributed by atoms with Crippen molar-refractivity contribution in [3.8, 4) is 0 Å². The van der Waals surface area contributed by atoms with Crippen molar-refractivity contribution >= 4 is 11.8 Å². The zero-order valence-electron chi connectivity index (χ0n) is 7.89. The number of ether oxygens (including phenoxy) is 1. The molecule has 0 aliphatic carbocycles. The van der Waals surface area contributed by atoms with E-state index in [1.54, 1.807) is 11.8 Å². The summed E-state index contributed by atoms with van der Waals surface area (Å²) in [4.78, 5) is -0.0905. The topological polar surface area (TPSA) is 35.2 Å². The van der Waals surface area contributed by atoms with E-state index in [-0.39, 0.29) is 11.0 Å². The summed E-state index contributed by atoms with van der Waals surface area (Å²) in [6.45, 7) is 6.84. The van der Waals surface area contributed by atoms with Gasteiger partial charge in [0.1, 0.15) is 4.93 Å². The Balaban J connectivity index is 3.52. The summed E-state index contributed by atoms with van der Waals surface area (Å²) in [5.41, 5.74) is 5.70. The molecule has 0 rings (SSSR count). The Labute approximate surface area is 73.9 Å². The summed E-state index contributed by atoms with van der Waals surface area (Å²) in [6.07, 6.45) is 3.02. The summed E-state index contributed by atoms with van der Waals surface area (Å²) < 4.78 is 5.57. The van der Waals surface area contributed by atoms with Crippen molar-refractivity contribution in [1.82, 2.24) is 0 Å². The van der Waals surface area contributed by atoms with E-state index < -0.39 is 0 Å². The molecule has 0 saturated carbocycles. The Hall–Kier alpha value is 0.270. The van der Waals surface area contributed by atoms with Crippen LogP contribution in [0, 0.1) is 0 Å². The van der Waals surface area contributed by atoms with Crippen molar-refractivity contribution in [2.45, 2.75) is 38.2 Å². The van der Waals surface area contributed by atoms with Crippen LogP contribution in [0.3, 0.4) is 0 Å². The van der Waals surface area contributed by atoms with Gasteiger partial charge in [0, 0.05) is 6.04 Å². The molecular formula is C8H19NOS. The fourth-order valence-electron chi connectivity index (χ4n) is 0.485. The molecule has 0 aromatic heterocycles. The first-order valence-corrected chi connectivity index (χ1v) is 5.19. The smallest absolute Gasteiger partial charge is 0.107 e. The first-order chi connectivity index (χ1) is 5.02. The van der Waals surface area contributed by atoms with Gasteiger partial charge in [0.2, 0.25) is 0 Å². The predicted octanol–water partition coefficient (Wildman–Crippen LogP) is 1.84. The summed E-state index contributed by atoms with van der Waals surface area (Å²) in [5, 5.41) is 0. The van der Waals surface area contributed by atoms with Crippen LogP contribution in [0.25, 0.3) is 0 Å². The van der Waals surface area contributed by atoms with E-state index in [0.717, 1.165) is 6.42 Å². The Morgan fingerprint density at radius 3 is 2.45 bits per heavy atom. The molecule has 68 valence electrons. The lowest BCUT2D eigenvalue weighted by molar-refractivity contribution is 0.0430. The van der Waals surface area contributed by atoms with Crippen LogP contribution in [0.1, 0.15) is 27.2 Å². The molecule has 0 aromatic carbocycles. The lowest BCUT2D eigenvalue weighted by atomic mass is 10.2. The average molecular weight is 177 g/mol. The second kappa shape index (κ2) is 5.01. The summed E-state index contributed by atoms with van der Waals surface area (Å²) in [6, 6.07) is 0.182. The van der Waals surface area contributed by atoms with Crippen LogP contribution in [0.15, 0.2) is 0 Å². The monoisotopic (exact) mass is 177 g/mol. The summed E-state index contributed by atoms with van der Waals surface area (Å²) in [7, 11) is 0. The van der Waals surface area contributed by atoms with Crippen LogP contribution in [0.4, 0.5) is 0 Å². The highest BCUT2D eigenvalue weighted by Crippen LogP contribution is 2.22. The van der Waals surface area contributed by atoms with Crippen molar-refractivity contribution < 1.29 is 4.74 Å². The van der Waals surface area contributed by atoms with E-state index in [1.165, 1.54) is 0 Å². The van der Waals surface area contributed by atoms with E-state index in [9.17, 15) is 0 Å². The van der Waals surface area contributed by atoms with Gasteiger partial charge in [-0.1, -0.05) is 6.92 Å². The minimum atomic E-state index is -0.0905. The molecule has 0 aromatic rings. The molecule has 0 amide bonds. The zero-order valence-corrected chi connectivity index (χ0v) is 8.70. The Morgan fingerprint density at radius 1 is 1.55 bits per heavy atom. The largest absolute Gasteiger partial charge is 0.363 e. The quantitative estimate of drug-likeness (QED) is 0.651. The molecule has 0 heterocycles. The maximum absolute atomic E-state index is 5.70. The molecule has 0 saturated heterocycles. The third-order valence-electron chi connectivity index (χ3n) is 1.66. The van der Waals surface area contributed by atoms with Crippen LogP contribution in [0.5, 0.6) is 0 Å². The van der Waals surface area contributed by atoms with Gasteiger partial charge in [-0.3, -0.25) is 0 Å². The first-order valence-electron chi connectivity index (χ1n) is 3.96. The van der Waals surface area contributed by atoms with Gasteiger partial charge in [0.25, 0.3) is 0 Å². The van der Waals surface area contributed by atoms with E-state index in [1.807, 2.05) is 6.26 Å². The molecule has 1 unspecified atom stereocenters. The predicted molar refractivity (Wildman–Crippen MR) is 51.8 cm³/mol. The Morgan fingerprint density at radius 2 is 2.09 bits per heavy atom. The van der Waals surface area contributed by atoms with Crippen molar-refractivity contribution in [1.29, 1.82) is 0 Å². The van der Waals surface area contributed by atoms with Crippen molar-refractivity contribution in [3.63, 3.8) is 0 Å². The fourth-order valence-corrected chi connectivity index (χ4v) is 0.670. The molecule has 0 aliphatic heterocycles. The molecule has 0 fully saturated rings. The van der Waals surface area contributed by atoms with Gasteiger partial charge in [-0.25, -0.2) is 0 Å². The van der Waals surface area contributed by atoms with E-state index >= 15 is 0 Å². The lowest BCUT2D eigenvalue weighted by Gasteiger charge is -2.24. The lowest BCUT2D eigenvalue weighted by Crippen LogP contribution is -2.31. The van der Waals surface area contributed by atoms with Crippen LogP contribution >= 0.6 is 11.8 Å². The van der Waals surface area contributed by atoms with Crippen LogP contribution in [0.2, 0.25) is 0 Å². The van der Waals surface area contributed by atoms with Gasteiger partial charge in [0.05, 0.1) is 6.61 Å². The highest BCUT2D eigenvalue weighted by atomic mass is 32.2. The SMILES string of the molecule is CCC(N)COC(C)(C)SC. The van der Waals surface area contributed by atoms with E-state index in [0.29, 0.717) is 6.61 Å². The van der Waals surface area contributed by atoms with Gasteiger partial charge in [-0.15, -0.1) is 11.8 Å².